The van der Waals surface area contributed by atoms with Gasteiger partial charge >= 0.3 is 0 Å². The monoisotopic (exact) mass is 416 g/mol. The van der Waals surface area contributed by atoms with Gasteiger partial charge in [0.15, 0.2) is 11.6 Å². The van der Waals surface area contributed by atoms with E-state index in [1.54, 1.807) is 48.5 Å². The van der Waals surface area contributed by atoms with Gasteiger partial charge in [0.05, 0.1) is 5.41 Å². The zero-order chi connectivity index (χ0) is 20.5. The van der Waals surface area contributed by atoms with E-state index in [1.165, 1.54) is 6.07 Å². The van der Waals surface area contributed by atoms with Gasteiger partial charge < -0.3 is 4.74 Å². The Morgan fingerprint density at radius 2 is 1.62 bits per heavy atom. The molecule has 1 atom stereocenters. The van der Waals surface area contributed by atoms with E-state index in [0.29, 0.717) is 35.6 Å². The summed E-state index contributed by atoms with van der Waals surface area (Å²) in [5.74, 6) is -2.48. The molecule has 0 spiro atoms. The van der Waals surface area contributed by atoms with Crippen molar-refractivity contribution < 1.29 is 17.9 Å². The number of hydrogen-bond acceptors (Lipinski definition) is 1. The third-order valence-corrected chi connectivity index (χ3v) is 5.78. The summed E-state index contributed by atoms with van der Waals surface area (Å²) in [4.78, 5) is 0. The molecule has 0 amide bonds. The highest BCUT2D eigenvalue weighted by atomic mass is 35.5. The lowest BCUT2D eigenvalue weighted by molar-refractivity contribution is 0.0847. The van der Waals surface area contributed by atoms with Crippen molar-refractivity contribution in [2.45, 2.75) is 37.0 Å². The minimum atomic E-state index is -2.70. The molecule has 4 rings (SSSR count). The SMILES string of the molecule is Fc1ccc(CCCC2(c3ccc(Cl)cc3)CC2(F)F)cc1Oc1ccccc1. The van der Waals surface area contributed by atoms with Crippen molar-refractivity contribution >= 4 is 11.6 Å². The van der Waals surface area contributed by atoms with Crippen molar-refractivity contribution in [1.82, 2.24) is 0 Å². The van der Waals surface area contributed by atoms with Crippen LogP contribution in [-0.4, -0.2) is 5.92 Å². The summed E-state index contributed by atoms with van der Waals surface area (Å²) in [6.07, 6.45) is 1.34. The molecule has 0 saturated heterocycles. The maximum atomic E-state index is 14.2. The van der Waals surface area contributed by atoms with Crippen LogP contribution in [0.15, 0.2) is 72.8 Å². The molecule has 29 heavy (non-hydrogen) atoms. The second-order valence-corrected chi connectivity index (χ2v) is 7.94. The summed E-state index contributed by atoms with van der Waals surface area (Å²) in [6, 6.07) is 20.3. The highest BCUT2D eigenvalue weighted by Crippen LogP contribution is 2.64. The fourth-order valence-corrected chi connectivity index (χ4v) is 3.95. The highest BCUT2D eigenvalue weighted by molar-refractivity contribution is 6.30. The maximum Gasteiger partial charge on any atom is 0.258 e. The first-order chi connectivity index (χ1) is 13.9. The number of ether oxygens (including phenoxy) is 1. The summed E-state index contributed by atoms with van der Waals surface area (Å²) in [6.45, 7) is 0. The van der Waals surface area contributed by atoms with Crippen molar-refractivity contribution in [2.75, 3.05) is 0 Å². The van der Waals surface area contributed by atoms with E-state index in [4.69, 9.17) is 16.3 Å². The zero-order valence-corrected chi connectivity index (χ0v) is 16.4. The molecule has 150 valence electrons. The van der Waals surface area contributed by atoms with Crippen molar-refractivity contribution in [3.05, 3.63) is 94.8 Å². The molecule has 1 aliphatic carbocycles. The fourth-order valence-electron chi connectivity index (χ4n) is 3.82. The molecular formula is C24H20ClF3O. The lowest BCUT2D eigenvalue weighted by atomic mass is 9.89. The summed E-state index contributed by atoms with van der Waals surface area (Å²) in [5, 5.41) is 0.533. The molecule has 3 aromatic carbocycles. The van der Waals surface area contributed by atoms with Crippen molar-refractivity contribution in [3.8, 4) is 11.5 Å². The Morgan fingerprint density at radius 1 is 0.931 bits per heavy atom. The van der Waals surface area contributed by atoms with E-state index in [9.17, 15) is 13.2 Å². The van der Waals surface area contributed by atoms with Crippen molar-refractivity contribution in [1.29, 1.82) is 0 Å². The molecule has 0 aliphatic heterocycles. The summed E-state index contributed by atoms with van der Waals surface area (Å²) < 4.78 is 48.2. The third kappa shape index (κ3) is 4.13. The topological polar surface area (TPSA) is 9.23 Å². The molecule has 0 radical (unpaired) electrons. The number of hydrogen-bond donors (Lipinski definition) is 0. The molecular weight excluding hydrogens is 397 g/mol. The summed E-state index contributed by atoms with van der Waals surface area (Å²) in [5.41, 5.74) is 0.354. The van der Waals surface area contributed by atoms with Crippen LogP contribution < -0.4 is 4.74 Å². The van der Waals surface area contributed by atoms with E-state index in [2.05, 4.69) is 0 Å². The standard InChI is InChI=1S/C24H20ClF3O/c25-19-11-9-18(10-12-19)23(16-24(23,27)28)14-4-5-17-8-13-21(26)22(15-17)29-20-6-2-1-3-7-20/h1-3,6-13,15H,4-5,14,16H2. The normalized spacial score (nSPS) is 19.7. The Labute approximate surface area is 173 Å². The molecule has 0 aromatic heterocycles. The van der Waals surface area contributed by atoms with Gasteiger partial charge in [-0.25, -0.2) is 13.2 Å². The van der Waals surface area contributed by atoms with E-state index < -0.39 is 17.2 Å². The number of benzene rings is 3. The molecule has 1 aliphatic rings. The van der Waals surface area contributed by atoms with E-state index in [0.717, 1.165) is 5.56 Å². The quantitative estimate of drug-likeness (QED) is 0.386. The molecule has 1 nitrogen and oxygen atoms in total. The molecule has 3 aromatic rings. The van der Waals surface area contributed by atoms with Gasteiger partial charge in [0.2, 0.25) is 0 Å². The van der Waals surface area contributed by atoms with Crippen molar-refractivity contribution in [2.24, 2.45) is 0 Å². The van der Waals surface area contributed by atoms with Crippen LogP contribution in [0.25, 0.3) is 0 Å². The van der Waals surface area contributed by atoms with Gasteiger partial charge in [0, 0.05) is 11.4 Å². The van der Waals surface area contributed by atoms with Crippen LogP contribution in [0.3, 0.4) is 0 Å². The first kappa shape index (κ1) is 19.8. The number of alkyl halides is 2. The third-order valence-electron chi connectivity index (χ3n) is 5.53. The second-order valence-electron chi connectivity index (χ2n) is 7.50. The molecule has 5 heteroatoms. The van der Waals surface area contributed by atoms with Gasteiger partial charge in [-0.15, -0.1) is 0 Å². The van der Waals surface area contributed by atoms with Gasteiger partial charge in [-0.2, -0.15) is 0 Å². The van der Waals surface area contributed by atoms with Gasteiger partial charge in [-0.1, -0.05) is 48.0 Å². The minimum absolute atomic E-state index is 0.137. The Morgan fingerprint density at radius 3 is 2.28 bits per heavy atom. The van der Waals surface area contributed by atoms with Crippen LogP contribution in [0.1, 0.15) is 30.4 Å². The van der Waals surface area contributed by atoms with E-state index in [-0.39, 0.29) is 12.2 Å². The Kier molecular flexibility index (Phi) is 5.30. The second kappa shape index (κ2) is 7.75. The van der Waals surface area contributed by atoms with Gasteiger partial charge in [0.1, 0.15) is 5.75 Å². The first-order valence-corrected chi connectivity index (χ1v) is 9.93. The highest BCUT2D eigenvalue weighted by Gasteiger charge is 2.70. The average Bonchev–Trinajstić information content (AvgIpc) is 3.27. The van der Waals surface area contributed by atoms with Crippen LogP contribution in [0, 0.1) is 5.82 Å². The molecule has 1 fully saturated rings. The molecule has 0 bridgehead atoms. The lowest BCUT2D eigenvalue weighted by Crippen LogP contribution is -2.16. The predicted molar refractivity (Wildman–Crippen MR) is 109 cm³/mol. The Balaban J connectivity index is 1.44. The average molecular weight is 417 g/mol. The summed E-state index contributed by atoms with van der Waals surface area (Å²) >= 11 is 5.89. The number of para-hydroxylation sites is 1. The van der Waals surface area contributed by atoms with Crippen LogP contribution >= 0.6 is 11.6 Å². The summed E-state index contributed by atoms with van der Waals surface area (Å²) in [7, 11) is 0. The zero-order valence-electron chi connectivity index (χ0n) is 15.7. The number of rotatable bonds is 7. The van der Waals surface area contributed by atoms with Crippen LogP contribution in [0.4, 0.5) is 13.2 Å². The molecule has 1 unspecified atom stereocenters. The molecule has 1 saturated carbocycles. The fraction of sp³-hybridized carbons (Fsp3) is 0.250. The first-order valence-electron chi connectivity index (χ1n) is 9.55. The largest absolute Gasteiger partial charge is 0.454 e. The minimum Gasteiger partial charge on any atom is -0.454 e. The van der Waals surface area contributed by atoms with Gasteiger partial charge in [-0.05, 0) is 66.8 Å². The lowest BCUT2D eigenvalue weighted by Gasteiger charge is -2.17. The Bertz CT molecular complexity index is 989. The van der Waals surface area contributed by atoms with Crippen molar-refractivity contribution in [3.63, 3.8) is 0 Å². The van der Waals surface area contributed by atoms with E-state index >= 15 is 0 Å². The number of aryl methyl sites for hydroxylation is 1. The number of halogens is 4. The van der Waals surface area contributed by atoms with Crippen LogP contribution in [0.2, 0.25) is 5.02 Å². The Hall–Kier alpha value is -2.46. The molecule has 0 N–H and O–H groups in total. The van der Waals surface area contributed by atoms with E-state index in [1.807, 2.05) is 18.2 Å². The van der Waals surface area contributed by atoms with Gasteiger partial charge in [0.25, 0.3) is 5.92 Å². The maximum absolute atomic E-state index is 14.2. The molecule has 0 heterocycles. The van der Waals surface area contributed by atoms with Crippen LogP contribution in [-0.2, 0) is 11.8 Å². The van der Waals surface area contributed by atoms with Crippen LogP contribution in [0.5, 0.6) is 11.5 Å². The smallest absolute Gasteiger partial charge is 0.258 e. The van der Waals surface area contributed by atoms with Gasteiger partial charge in [-0.3, -0.25) is 0 Å². The predicted octanol–water partition coefficient (Wildman–Crippen LogP) is 7.57.